The molecule has 0 aliphatic carbocycles. The molecule has 0 fully saturated rings. The molecule has 1 heterocycles. The summed E-state index contributed by atoms with van der Waals surface area (Å²) < 4.78 is 0. The van der Waals surface area contributed by atoms with Crippen molar-refractivity contribution in [2.75, 3.05) is 25.0 Å². The van der Waals surface area contributed by atoms with Crippen LogP contribution >= 0.6 is 0 Å². The molecule has 0 unspecified atom stereocenters. The van der Waals surface area contributed by atoms with Crippen LogP contribution < -0.4 is 5.32 Å². The Morgan fingerprint density at radius 2 is 2.00 bits per heavy atom. The van der Waals surface area contributed by atoms with E-state index >= 15 is 0 Å². The number of carbonyl (C=O) groups is 1. The van der Waals surface area contributed by atoms with Crippen molar-refractivity contribution in [1.29, 1.82) is 10.5 Å². The summed E-state index contributed by atoms with van der Waals surface area (Å²) in [6.07, 6.45) is 0. The molecule has 0 aromatic carbocycles. The summed E-state index contributed by atoms with van der Waals surface area (Å²) in [6.45, 7) is 2.32. The zero-order valence-corrected chi connectivity index (χ0v) is 9.92. The Bertz CT molecular complexity index is 468. The highest BCUT2D eigenvalue weighted by molar-refractivity contribution is 5.92. The normalized spacial score (nSPS) is 9.06. The van der Waals surface area contributed by atoms with E-state index in [0.29, 0.717) is 12.4 Å². The number of carbonyl (C=O) groups excluding carboxylic acids is 1. The lowest BCUT2D eigenvalue weighted by Gasteiger charge is -2.14. The number of hydrogen-bond donors (Lipinski definition) is 1. The van der Waals surface area contributed by atoms with Crippen molar-refractivity contribution in [2.45, 2.75) is 6.92 Å². The SMILES string of the molecule is CCNc1ccc(C(=O)N(CC#N)CC#N)nn1. The van der Waals surface area contributed by atoms with E-state index in [1.165, 1.54) is 6.07 Å². The first-order chi connectivity index (χ1) is 8.72. The number of aromatic nitrogens is 2. The maximum absolute atomic E-state index is 11.9. The molecular formula is C11H12N6O. The summed E-state index contributed by atoms with van der Waals surface area (Å²) in [5, 5.41) is 27.7. The summed E-state index contributed by atoms with van der Waals surface area (Å²) in [4.78, 5) is 13.0. The first-order valence-electron chi connectivity index (χ1n) is 5.33. The quantitative estimate of drug-likeness (QED) is 0.751. The summed E-state index contributed by atoms with van der Waals surface area (Å²) in [5.41, 5.74) is 0.113. The lowest BCUT2D eigenvalue weighted by molar-refractivity contribution is 0.0788. The van der Waals surface area contributed by atoms with Gasteiger partial charge < -0.3 is 10.2 Å². The van der Waals surface area contributed by atoms with Crippen LogP contribution in [0.5, 0.6) is 0 Å². The highest BCUT2D eigenvalue weighted by atomic mass is 16.2. The van der Waals surface area contributed by atoms with Crippen LogP contribution in [0, 0.1) is 22.7 Å². The molecule has 92 valence electrons. The van der Waals surface area contributed by atoms with Gasteiger partial charge in [-0.15, -0.1) is 10.2 Å². The number of nitrogens with one attached hydrogen (secondary N) is 1. The molecule has 0 saturated heterocycles. The minimum Gasteiger partial charge on any atom is -0.369 e. The lowest BCUT2D eigenvalue weighted by Crippen LogP contribution is -2.32. The Morgan fingerprint density at radius 3 is 2.44 bits per heavy atom. The average Bonchev–Trinajstić information content (AvgIpc) is 2.39. The minimum absolute atomic E-state index is 0.113. The molecule has 1 N–H and O–H groups in total. The second-order valence-corrected chi connectivity index (χ2v) is 3.31. The van der Waals surface area contributed by atoms with Gasteiger partial charge in [0.05, 0.1) is 12.1 Å². The van der Waals surface area contributed by atoms with Crippen LogP contribution in [0.1, 0.15) is 17.4 Å². The first-order valence-corrected chi connectivity index (χ1v) is 5.33. The topological polar surface area (TPSA) is 106 Å². The number of nitrogens with zero attached hydrogens (tertiary/aromatic N) is 5. The third-order valence-electron chi connectivity index (χ3n) is 2.05. The molecule has 0 atom stereocenters. The summed E-state index contributed by atoms with van der Waals surface area (Å²) in [6, 6.07) is 6.79. The summed E-state index contributed by atoms with van der Waals surface area (Å²) in [5.74, 6) is 0.0924. The van der Waals surface area contributed by atoms with Crippen molar-refractivity contribution in [1.82, 2.24) is 15.1 Å². The summed E-state index contributed by atoms with van der Waals surface area (Å²) in [7, 11) is 0. The van der Waals surface area contributed by atoms with E-state index in [9.17, 15) is 4.79 Å². The lowest BCUT2D eigenvalue weighted by atomic mass is 10.3. The number of hydrogen-bond acceptors (Lipinski definition) is 6. The molecule has 18 heavy (non-hydrogen) atoms. The third kappa shape index (κ3) is 3.42. The van der Waals surface area contributed by atoms with E-state index in [-0.39, 0.29) is 18.8 Å². The van der Waals surface area contributed by atoms with Gasteiger partial charge in [-0.25, -0.2) is 0 Å². The molecule has 7 heteroatoms. The number of rotatable bonds is 5. The van der Waals surface area contributed by atoms with Gasteiger partial charge in [-0.05, 0) is 19.1 Å². The molecule has 7 nitrogen and oxygen atoms in total. The molecule has 0 aliphatic rings. The Kier molecular flexibility index (Phi) is 5.07. The molecule has 1 aromatic heterocycles. The maximum Gasteiger partial charge on any atom is 0.276 e. The Morgan fingerprint density at radius 1 is 1.33 bits per heavy atom. The van der Waals surface area contributed by atoms with Crippen molar-refractivity contribution in [3.8, 4) is 12.1 Å². The molecule has 1 rings (SSSR count). The van der Waals surface area contributed by atoms with Crippen LogP contribution in [-0.4, -0.2) is 40.6 Å². The Balaban J connectivity index is 2.82. The van der Waals surface area contributed by atoms with Gasteiger partial charge in [0.1, 0.15) is 18.9 Å². The summed E-state index contributed by atoms with van der Waals surface area (Å²) >= 11 is 0. The molecule has 0 spiro atoms. The largest absolute Gasteiger partial charge is 0.369 e. The Labute approximate surface area is 105 Å². The monoisotopic (exact) mass is 244 g/mol. The fourth-order valence-corrected chi connectivity index (χ4v) is 1.25. The fraction of sp³-hybridized carbons (Fsp3) is 0.364. The van der Waals surface area contributed by atoms with Gasteiger partial charge >= 0.3 is 0 Å². The predicted molar refractivity (Wildman–Crippen MR) is 63.3 cm³/mol. The van der Waals surface area contributed by atoms with Crippen molar-refractivity contribution < 1.29 is 4.79 Å². The van der Waals surface area contributed by atoms with Crippen LogP contribution in [0.15, 0.2) is 12.1 Å². The standard InChI is InChI=1S/C11H12N6O/c1-2-14-10-4-3-9(15-16-10)11(18)17(7-5-12)8-6-13/h3-4H,2,7-8H2,1H3,(H,14,16). The first kappa shape index (κ1) is 13.4. The van der Waals surface area contributed by atoms with Gasteiger partial charge in [-0.3, -0.25) is 4.79 Å². The fourth-order valence-electron chi connectivity index (χ4n) is 1.25. The van der Waals surface area contributed by atoms with Gasteiger partial charge in [0.25, 0.3) is 5.91 Å². The molecule has 0 aliphatic heterocycles. The van der Waals surface area contributed by atoms with Crippen molar-refractivity contribution >= 4 is 11.7 Å². The zero-order chi connectivity index (χ0) is 13.4. The highest BCUT2D eigenvalue weighted by Crippen LogP contribution is 2.04. The van der Waals surface area contributed by atoms with Gasteiger partial charge in [-0.1, -0.05) is 0 Å². The smallest absolute Gasteiger partial charge is 0.276 e. The maximum atomic E-state index is 11.9. The highest BCUT2D eigenvalue weighted by Gasteiger charge is 2.16. The molecular weight excluding hydrogens is 232 g/mol. The molecule has 1 aromatic rings. The van der Waals surface area contributed by atoms with Gasteiger partial charge in [0, 0.05) is 6.54 Å². The van der Waals surface area contributed by atoms with Gasteiger partial charge in [-0.2, -0.15) is 10.5 Å². The van der Waals surface area contributed by atoms with E-state index in [1.54, 1.807) is 6.07 Å². The van der Waals surface area contributed by atoms with E-state index in [0.717, 1.165) is 4.90 Å². The van der Waals surface area contributed by atoms with Crippen LogP contribution in [0.3, 0.4) is 0 Å². The molecule has 0 radical (unpaired) electrons. The minimum atomic E-state index is -0.478. The van der Waals surface area contributed by atoms with E-state index in [1.807, 2.05) is 19.1 Å². The van der Waals surface area contributed by atoms with E-state index < -0.39 is 5.91 Å². The van der Waals surface area contributed by atoms with E-state index in [2.05, 4.69) is 15.5 Å². The van der Waals surface area contributed by atoms with Crippen LogP contribution in [0.2, 0.25) is 0 Å². The molecule has 1 amide bonds. The number of amides is 1. The average molecular weight is 244 g/mol. The molecule has 0 bridgehead atoms. The third-order valence-corrected chi connectivity index (χ3v) is 2.05. The molecule has 0 saturated carbocycles. The van der Waals surface area contributed by atoms with Crippen molar-refractivity contribution in [2.24, 2.45) is 0 Å². The van der Waals surface area contributed by atoms with Crippen molar-refractivity contribution in [3.63, 3.8) is 0 Å². The van der Waals surface area contributed by atoms with Crippen LogP contribution in [0.25, 0.3) is 0 Å². The van der Waals surface area contributed by atoms with E-state index in [4.69, 9.17) is 10.5 Å². The number of anilines is 1. The van der Waals surface area contributed by atoms with Crippen LogP contribution in [-0.2, 0) is 0 Å². The van der Waals surface area contributed by atoms with Crippen molar-refractivity contribution in [3.05, 3.63) is 17.8 Å². The van der Waals surface area contributed by atoms with Crippen LogP contribution in [0.4, 0.5) is 5.82 Å². The second kappa shape index (κ2) is 6.81. The second-order valence-electron chi connectivity index (χ2n) is 3.31. The zero-order valence-electron chi connectivity index (χ0n) is 9.92. The van der Waals surface area contributed by atoms with Gasteiger partial charge in [0.15, 0.2) is 5.69 Å². The number of nitriles is 2. The van der Waals surface area contributed by atoms with Gasteiger partial charge in [0.2, 0.25) is 0 Å². The predicted octanol–water partition coefficient (Wildman–Crippen LogP) is 0.398. The Hall–Kier alpha value is -2.67.